The SMILES string of the molecule is COc1ccc(C([SiH2]C[SiH](C)C)n2cncn2)cc1. The predicted octanol–water partition coefficient (Wildman–Crippen LogP) is 1.45. The Morgan fingerprint density at radius 3 is 2.58 bits per heavy atom. The topological polar surface area (TPSA) is 39.9 Å². The maximum Gasteiger partial charge on any atom is 0.137 e. The Bertz CT molecular complexity index is 485. The van der Waals surface area contributed by atoms with Gasteiger partial charge in [0.15, 0.2) is 0 Å². The molecule has 2 rings (SSSR count). The van der Waals surface area contributed by atoms with Gasteiger partial charge in [-0.3, -0.25) is 0 Å². The van der Waals surface area contributed by atoms with Crippen molar-refractivity contribution < 1.29 is 4.74 Å². The van der Waals surface area contributed by atoms with Crippen LogP contribution < -0.4 is 4.74 Å². The van der Waals surface area contributed by atoms with Gasteiger partial charge in [-0.15, -0.1) is 0 Å². The van der Waals surface area contributed by atoms with Crippen molar-refractivity contribution in [3.05, 3.63) is 42.5 Å². The molecule has 0 radical (unpaired) electrons. The second-order valence-electron chi connectivity index (χ2n) is 5.14. The van der Waals surface area contributed by atoms with E-state index in [0.717, 1.165) is 5.75 Å². The van der Waals surface area contributed by atoms with Gasteiger partial charge in [-0.2, -0.15) is 5.10 Å². The summed E-state index contributed by atoms with van der Waals surface area (Å²) in [6, 6.07) is 8.36. The Labute approximate surface area is 118 Å². The molecule has 0 spiro atoms. The van der Waals surface area contributed by atoms with Gasteiger partial charge in [0.2, 0.25) is 0 Å². The second kappa shape index (κ2) is 6.67. The second-order valence-corrected chi connectivity index (χ2v) is 11.6. The van der Waals surface area contributed by atoms with Crippen molar-refractivity contribution in [2.24, 2.45) is 0 Å². The van der Waals surface area contributed by atoms with Crippen LogP contribution in [0.2, 0.25) is 18.8 Å². The van der Waals surface area contributed by atoms with E-state index in [1.807, 2.05) is 23.1 Å². The minimum absolute atomic E-state index is 0.227. The molecule has 1 aromatic heterocycles. The standard InChI is InChI=1S/C13H21N3OSi2/c1-17-12-6-4-11(5-7-12)13(18-10-19(2)3)16-9-14-8-15-16/h4-9,13,19H,10,18H2,1-3H3. The van der Waals surface area contributed by atoms with Gasteiger partial charge in [0.05, 0.1) is 22.3 Å². The van der Waals surface area contributed by atoms with E-state index in [2.05, 4.69) is 35.3 Å². The molecule has 0 amide bonds. The van der Waals surface area contributed by atoms with Crippen LogP contribution in [-0.2, 0) is 0 Å². The maximum atomic E-state index is 5.22. The number of hydrogen-bond donors (Lipinski definition) is 0. The molecule has 6 heteroatoms. The molecule has 4 nitrogen and oxygen atoms in total. The number of rotatable bonds is 6. The van der Waals surface area contributed by atoms with Crippen LogP contribution in [0.3, 0.4) is 0 Å². The number of methoxy groups -OCH3 is 1. The van der Waals surface area contributed by atoms with Crippen molar-refractivity contribution in [2.45, 2.75) is 24.4 Å². The first-order valence-corrected chi connectivity index (χ1v) is 11.6. The molecule has 102 valence electrons. The fourth-order valence-electron chi connectivity index (χ4n) is 2.15. The lowest BCUT2D eigenvalue weighted by Crippen LogP contribution is -2.21. The Morgan fingerprint density at radius 1 is 1.32 bits per heavy atom. The lowest BCUT2D eigenvalue weighted by molar-refractivity contribution is 0.414. The zero-order valence-electron chi connectivity index (χ0n) is 11.8. The number of ether oxygens (including phenoxy) is 1. The van der Waals surface area contributed by atoms with Gasteiger partial charge in [0.1, 0.15) is 18.4 Å². The van der Waals surface area contributed by atoms with E-state index in [-0.39, 0.29) is 9.52 Å². The van der Waals surface area contributed by atoms with E-state index in [0.29, 0.717) is 5.67 Å². The minimum Gasteiger partial charge on any atom is -0.497 e. The van der Waals surface area contributed by atoms with Gasteiger partial charge in [-0.1, -0.05) is 30.9 Å². The highest BCUT2D eigenvalue weighted by atomic mass is 28.3. The van der Waals surface area contributed by atoms with E-state index in [4.69, 9.17) is 4.74 Å². The van der Waals surface area contributed by atoms with E-state index in [9.17, 15) is 0 Å². The molecular weight excluding hydrogens is 270 g/mol. The van der Waals surface area contributed by atoms with Crippen molar-refractivity contribution in [2.75, 3.05) is 7.11 Å². The van der Waals surface area contributed by atoms with Gasteiger partial charge >= 0.3 is 0 Å². The van der Waals surface area contributed by atoms with Crippen LogP contribution in [0.5, 0.6) is 5.75 Å². The van der Waals surface area contributed by atoms with E-state index in [1.54, 1.807) is 13.4 Å². The summed E-state index contributed by atoms with van der Waals surface area (Å²) >= 11 is 0. The van der Waals surface area contributed by atoms with Crippen molar-refractivity contribution >= 4 is 18.3 Å². The molecule has 1 aromatic carbocycles. The summed E-state index contributed by atoms with van der Waals surface area (Å²) < 4.78 is 7.24. The molecule has 0 bridgehead atoms. The predicted molar refractivity (Wildman–Crippen MR) is 83.4 cm³/mol. The molecule has 1 atom stereocenters. The number of aromatic nitrogens is 3. The summed E-state index contributed by atoms with van der Waals surface area (Å²) in [5, 5.41) is 4.34. The number of benzene rings is 1. The summed E-state index contributed by atoms with van der Waals surface area (Å²) in [6.45, 7) is 4.83. The van der Waals surface area contributed by atoms with Crippen LogP contribution in [-0.4, -0.2) is 40.2 Å². The molecule has 0 aliphatic heterocycles. The highest BCUT2D eigenvalue weighted by Crippen LogP contribution is 2.20. The zero-order valence-corrected chi connectivity index (χ0v) is 14.4. The van der Waals surface area contributed by atoms with E-state index >= 15 is 0 Å². The van der Waals surface area contributed by atoms with Crippen LogP contribution in [0.25, 0.3) is 0 Å². The molecule has 0 aliphatic carbocycles. The molecule has 19 heavy (non-hydrogen) atoms. The molecule has 0 fully saturated rings. The van der Waals surface area contributed by atoms with Crippen molar-refractivity contribution in [3.8, 4) is 5.75 Å². The number of nitrogens with zero attached hydrogens (tertiary/aromatic N) is 3. The van der Waals surface area contributed by atoms with E-state index < -0.39 is 8.80 Å². The summed E-state index contributed by atoms with van der Waals surface area (Å²) in [4.78, 5) is 4.09. The Balaban J connectivity index is 2.20. The van der Waals surface area contributed by atoms with Crippen LogP contribution in [0, 0.1) is 0 Å². The molecular formula is C13H21N3OSi2. The van der Waals surface area contributed by atoms with Crippen LogP contribution in [0.15, 0.2) is 36.9 Å². The third-order valence-corrected chi connectivity index (χ3v) is 10.6. The summed E-state index contributed by atoms with van der Waals surface area (Å²) in [5.74, 6) is 0.904. The van der Waals surface area contributed by atoms with Gasteiger partial charge in [0.25, 0.3) is 0 Å². The molecule has 2 aromatic rings. The molecule has 1 heterocycles. The maximum absolute atomic E-state index is 5.22. The minimum atomic E-state index is -0.495. The smallest absolute Gasteiger partial charge is 0.137 e. The Hall–Kier alpha value is -1.41. The highest BCUT2D eigenvalue weighted by Gasteiger charge is 2.15. The quantitative estimate of drug-likeness (QED) is 0.756. The Kier molecular flexibility index (Phi) is 4.92. The molecule has 0 aliphatic rings. The number of hydrogen-bond acceptors (Lipinski definition) is 3. The first kappa shape index (κ1) is 14.0. The van der Waals surface area contributed by atoms with Crippen LogP contribution in [0.1, 0.15) is 11.2 Å². The van der Waals surface area contributed by atoms with Gasteiger partial charge in [-0.25, -0.2) is 9.67 Å². The zero-order chi connectivity index (χ0) is 13.7. The van der Waals surface area contributed by atoms with Crippen LogP contribution in [0.4, 0.5) is 0 Å². The normalized spacial score (nSPS) is 13.3. The lowest BCUT2D eigenvalue weighted by Gasteiger charge is -2.18. The monoisotopic (exact) mass is 291 g/mol. The first-order chi connectivity index (χ1) is 9.20. The third-order valence-electron chi connectivity index (χ3n) is 3.27. The molecule has 0 N–H and O–H groups in total. The first-order valence-electron chi connectivity index (χ1n) is 6.68. The average Bonchev–Trinajstić information content (AvgIpc) is 2.93. The van der Waals surface area contributed by atoms with Gasteiger partial charge in [-0.05, 0) is 17.7 Å². The van der Waals surface area contributed by atoms with Crippen molar-refractivity contribution in [3.63, 3.8) is 0 Å². The third kappa shape index (κ3) is 3.78. The fraction of sp³-hybridized carbons (Fsp3) is 0.385. The van der Waals surface area contributed by atoms with Gasteiger partial charge < -0.3 is 4.74 Å². The van der Waals surface area contributed by atoms with Crippen LogP contribution >= 0.6 is 0 Å². The summed E-state index contributed by atoms with van der Waals surface area (Å²) in [5.41, 5.74) is 3.19. The highest BCUT2D eigenvalue weighted by molar-refractivity contribution is 6.68. The average molecular weight is 292 g/mol. The van der Waals surface area contributed by atoms with Crippen molar-refractivity contribution in [1.29, 1.82) is 0 Å². The lowest BCUT2D eigenvalue weighted by atomic mass is 10.2. The fourth-order valence-corrected chi connectivity index (χ4v) is 7.14. The van der Waals surface area contributed by atoms with Gasteiger partial charge in [0, 0.05) is 8.80 Å². The Morgan fingerprint density at radius 2 is 2.05 bits per heavy atom. The molecule has 0 saturated heterocycles. The largest absolute Gasteiger partial charge is 0.497 e. The van der Waals surface area contributed by atoms with E-state index in [1.165, 1.54) is 11.2 Å². The molecule has 1 unspecified atom stereocenters. The summed E-state index contributed by atoms with van der Waals surface area (Å²) in [6.07, 6.45) is 3.46. The molecule has 0 saturated carbocycles. The van der Waals surface area contributed by atoms with Crippen molar-refractivity contribution in [1.82, 2.24) is 14.8 Å². The summed E-state index contributed by atoms with van der Waals surface area (Å²) in [7, 11) is 0.976.